The second-order valence-corrected chi connectivity index (χ2v) is 6.59. The molecule has 0 aliphatic rings. The predicted molar refractivity (Wildman–Crippen MR) is 90.0 cm³/mol. The molecule has 1 N–H and O–H groups in total. The van der Waals surface area contributed by atoms with Crippen molar-refractivity contribution in [1.82, 2.24) is 10.2 Å². The number of rotatable bonds is 8. The Morgan fingerprint density at radius 2 is 1.87 bits per heavy atom. The number of nitrogens with zero attached hydrogens (tertiary/aromatic N) is 2. The van der Waals surface area contributed by atoms with Crippen molar-refractivity contribution in [1.29, 1.82) is 0 Å². The van der Waals surface area contributed by atoms with Crippen molar-refractivity contribution in [3.63, 3.8) is 0 Å². The van der Waals surface area contributed by atoms with Crippen LogP contribution in [0.15, 0.2) is 22.5 Å². The Morgan fingerprint density at radius 3 is 2.48 bits per heavy atom. The quantitative estimate of drug-likeness (QED) is 0.443. The summed E-state index contributed by atoms with van der Waals surface area (Å²) in [6, 6.07) is 4.96. The van der Waals surface area contributed by atoms with Gasteiger partial charge in [0.25, 0.3) is 5.91 Å². The van der Waals surface area contributed by atoms with Gasteiger partial charge in [0, 0.05) is 24.5 Å². The van der Waals surface area contributed by atoms with Crippen LogP contribution in [0.2, 0.25) is 0 Å². The number of methoxy groups -OCH3 is 3. The van der Waals surface area contributed by atoms with Crippen molar-refractivity contribution in [2.24, 2.45) is 0 Å². The lowest BCUT2D eigenvalue weighted by molar-refractivity contribution is 0.102. The van der Waals surface area contributed by atoms with Gasteiger partial charge in [-0.2, -0.15) is 0 Å². The van der Waals surface area contributed by atoms with Gasteiger partial charge in [0.2, 0.25) is 5.13 Å². The Labute approximate surface area is 142 Å². The molecule has 0 atom stereocenters. The van der Waals surface area contributed by atoms with E-state index in [0.29, 0.717) is 28.8 Å². The highest BCUT2D eigenvalue weighted by atomic mass is 32.2. The predicted octanol–water partition coefficient (Wildman–Crippen LogP) is 2.55. The van der Waals surface area contributed by atoms with Gasteiger partial charge in [-0.1, -0.05) is 23.1 Å². The van der Waals surface area contributed by atoms with E-state index in [1.165, 1.54) is 37.3 Å². The highest BCUT2D eigenvalue weighted by Crippen LogP contribution is 2.27. The van der Waals surface area contributed by atoms with E-state index in [1.807, 2.05) is 0 Å². The van der Waals surface area contributed by atoms with Gasteiger partial charge < -0.3 is 14.2 Å². The third-order valence-corrected chi connectivity index (χ3v) is 4.69. The summed E-state index contributed by atoms with van der Waals surface area (Å²) >= 11 is 2.85. The van der Waals surface area contributed by atoms with E-state index < -0.39 is 0 Å². The summed E-state index contributed by atoms with van der Waals surface area (Å²) in [5.74, 6) is 1.57. The van der Waals surface area contributed by atoms with Gasteiger partial charge >= 0.3 is 0 Å². The summed E-state index contributed by atoms with van der Waals surface area (Å²) in [4.78, 5) is 12.3. The number of nitrogens with one attached hydrogen (secondary N) is 1. The third-order valence-electron chi connectivity index (χ3n) is 2.75. The van der Waals surface area contributed by atoms with Crippen molar-refractivity contribution in [3.05, 3.63) is 23.8 Å². The summed E-state index contributed by atoms with van der Waals surface area (Å²) in [6.45, 7) is 0.634. The zero-order chi connectivity index (χ0) is 16.7. The molecule has 1 amide bonds. The van der Waals surface area contributed by atoms with Crippen LogP contribution >= 0.6 is 23.1 Å². The lowest BCUT2D eigenvalue weighted by Crippen LogP contribution is -2.12. The lowest BCUT2D eigenvalue weighted by atomic mass is 10.2. The maximum Gasteiger partial charge on any atom is 0.257 e. The van der Waals surface area contributed by atoms with Gasteiger partial charge in [0.1, 0.15) is 11.5 Å². The molecule has 2 aromatic rings. The number of carbonyl (C=O) groups is 1. The molecule has 9 heteroatoms. The average molecular weight is 355 g/mol. The molecule has 0 radical (unpaired) electrons. The summed E-state index contributed by atoms with van der Waals surface area (Å²) < 4.78 is 16.1. The minimum absolute atomic E-state index is 0.299. The topological polar surface area (TPSA) is 82.6 Å². The van der Waals surface area contributed by atoms with Crippen LogP contribution < -0.4 is 14.8 Å². The average Bonchev–Trinajstić information content (AvgIpc) is 3.01. The van der Waals surface area contributed by atoms with Crippen LogP contribution in [0.5, 0.6) is 11.5 Å². The van der Waals surface area contributed by atoms with Crippen molar-refractivity contribution in [2.75, 3.05) is 39.0 Å². The fourth-order valence-electron chi connectivity index (χ4n) is 1.64. The van der Waals surface area contributed by atoms with Crippen molar-refractivity contribution in [2.45, 2.75) is 4.34 Å². The number of aromatic nitrogens is 2. The fraction of sp³-hybridized carbons (Fsp3) is 0.357. The molecule has 1 aromatic carbocycles. The van der Waals surface area contributed by atoms with E-state index in [4.69, 9.17) is 14.2 Å². The van der Waals surface area contributed by atoms with Crippen molar-refractivity contribution in [3.8, 4) is 11.5 Å². The van der Waals surface area contributed by atoms with Crippen molar-refractivity contribution < 1.29 is 19.0 Å². The monoisotopic (exact) mass is 355 g/mol. The molecule has 0 spiro atoms. The second kappa shape index (κ2) is 8.70. The molecule has 0 aliphatic carbocycles. The molecular weight excluding hydrogens is 338 g/mol. The van der Waals surface area contributed by atoms with E-state index in [0.717, 1.165) is 10.1 Å². The molecule has 0 bridgehead atoms. The van der Waals surface area contributed by atoms with Crippen LogP contribution in [0, 0.1) is 0 Å². The zero-order valence-corrected chi connectivity index (χ0v) is 14.6. The number of anilines is 1. The molecule has 0 saturated heterocycles. The summed E-state index contributed by atoms with van der Waals surface area (Å²) in [6.07, 6.45) is 0. The highest BCUT2D eigenvalue weighted by Gasteiger charge is 2.13. The van der Waals surface area contributed by atoms with Crippen LogP contribution in [0.1, 0.15) is 10.4 Å². The summed E-state index contributed by atoms with van der Waals surface area (Å²) in [7, 11) is 4.71. The first-order valence-electron chi connectivity index (χ1n) is 6.66. The van der Waals surface area contributed by atoms with Gasteiger partial charge in [-0.15, -0.1) is 10.2 Å². The van der Waals surface area contributed by atoms with Crippen LogP contribution in [0.4, 0.5) is 5.13 Å². The van der Waals surface area contributed by atoms with E-state index in [2.05, 4.69) is 15.5 Å². The Kier molecular flexibility index (Phi) is 6.63. The molecule has 7 nitrogen and oxygen atoms in total. The van der Waals surface area contributed by atoms with E-state index in [9.17, 15) is 4.79 Å². The minimum atomic E-state index is -0.299. The molecule has 124 valence electrons. The highest BCUT2D eigenvalue weighted by molar-refractivity contribution is 8.01. The minimum Gasteiger partial charge on any atom is -0.497 e. The number of thioether (sulfide) groups is 1. The normalized spacial score (nSPS) is 10.4. The second-order valence-electron chi connectivity index (χ2n) is 4.27. The van der Waals surface area contributed by atoms with Crippen LogP contribution in [0.3, 0.4) is 0 Å². The Balaban J connectivity index is 2.04. The van der Waals surface area contributed by atoms with Gasteiger partial charge in [0.15, 0.2) is 4.34 Å². The van der Waals surface area contributed by atoms with Gasteiger partial charge in [0.05, 0.1) is 20.8 Å². The summed E-state index contributed by atoms with van der Waals surface area (Å²) in [5, 5.41) is 11.1. The van der Waals surface area contributed by atoms with Crippen LogP contribution in [-0.4, -0.2) is 49.8 Å². The molecule has 2 rings (SSSR count). The molecule has 0 unspecified atom stereocenters. The first-order chi connectivity index (χ1) is 11.2. The number of amides is 1. The molecule has 0 aliphatic heterocycles. The van der Waals surface area contributed by atoms with Crippen LogP contribution in [0.25, 0.3) is 0 Å². The third kappa shape index (κ3) is 5.08. The zero-order valence-electron chi connectivity index (χ0n) is 13.0. The number of hydrogen-bond acceptors (Lipinski definition) is 8. The number of carbonyl (C=O) groups excluding carboxylic acids is 1. The fourth-order valence-corrected chi connectivity index (χ4v) is 3.36. The smallest absolute Gasteiger partial charge is 0.257 e. The standard InChI is InChI=1S/C14H17N3O4S2/c1-19-4-5-22-14-17-16-13(23-14)15-12(18)9-6-10(20-2)8-11(7-9)21-3/h6-8H,4-5H2,1-3H3,(H,15,16,18). The number of benzene rings is 1. The SMILES string of the molecule is COCCSc1nnc(NC(=O)c2cc(OC)cc(OC)c2)s1. The van der Waals surface area contributed by atoms with E-state index in [1.54, 1.807) is 25.3 Å². The first-order valence-corrected chi connectivity index (χ1v) is 8.46. The molecule has 0 saturated carbocycles. The van der Waals surface area contributed by atoms with E-state index >= 15 is 0 Å². The van der Waals surface area contributed by atoms with Gasteiger partial charge in [-0.3, -0.25) is 10.1 Å². The maximum atomic E-state index is 12.3. The van der Waals surface area contributed by atoms with Crippen LogP contribution in [-0.2, 0) is 4.74 Å². The molecule has 1 heterocycles. The molecule has 1 aromatic heterocycles. The number of hydrogen-bond donors (Lipinski definition) is 1. The summed E-state index contributed by atoms with van der Waals surface area (Å²) in [5.41, 5.74) is 0.421. The molecule has 23 heavy (non-hydrogen) atoms. The largest absolute Gasteiger partial charge is 0.497 e. The number of ether oxygens (including phenoxy) is 3. The maximum absolute atomic E-state index is 12.3. The Hall–Kier alpha value is -1.84. The van der Waals surface area contributed by atoms with Gasteiger partial charge in [-0.25, -0.2) is 0 Å². The van der Waals surface area contributed by atoms with E-state index in [-0.39, 0.29) is 5.91 Å². The first kappa shape index (κ1) is 17.5. The molecule has 0 fully saturated rings. The molecular formula is C14H17N3O4S2. The lowest BCUT2D eigenvalue weighted by Gasteiger charge is -2.07. The Bertz CT molecular complexity index is 641. The van der Waals surface area contributed by atoms with Crippen molar-refractivity contribution >= 4 is 34.1 Å². The van der Waals surface area contributed by atoms with Gasteiger partial charge in [-0.05, 0) is 12.1 Å². The Morgan fingerprint density at radius 1 is 1.17 bits per heavy atom.